The summed E-state index contributed by atoms with van der Waals surface area (Å²) in [7, 11) is 0. The molecule has 2 aromatic carbocycles. The maximum absolute atomic E-state index is 12.7. The first-order valence-electron chi connectivity index (χ1n) is 12.2. The van der Waals surface area contributed by atoms with Gasteiger partial charge in [0.1, 0.15) is 12.7 Å². The van der Waals surface area contributed by atoms with E-state index in [9.17, 15) is 14.4 Å². The summed E-state index contributed by atoms with van der Waals surface area (Å²) in [5.41, 5.74) is 4.62. The fraction of sp³-hybridized carbons (Fsp3) is 0.444. The van der Waals surface area contributed by atoms with Crippen LogP contribution < -0.4 is 10.6 Å². The molecule has 0 bridgehead atoms. The molecular formula is C27H32N2O6. The SMILES string of the molecule is CCC[C@H](CC(=O)O)NC(=O)[C@@H]1OCC[C@@H]1CNC(=O)OCC1c2ccccc2-c2ccccc21. The first-order chi connectivity index (χ1) is 17.0. The van der Waals surface area contributed by atoms with Crippen LogP contribution in [-0.2, 0) is 19.1 Å². The maximum atomic E-state index is 12.7. The third-order valence-electron chi connectivity index (χ3n) is 6.73. The number of amides is 2. The van der Waals surface area contributed by atoms with E-state index in [1.165, 1.54) is 11.1 Å². The predicted octanol–water partition coefficient (Wildman–Crippen LogP) is 3.69. The molecule has 8 nitrogen and oxygen atoms in total. The van der Waals surface area contributed by atoms with Crippen molar-refractivity contribution in [3.63, 3.8) is 0 Å². The normalized spacial score (nSPS) is 19.5. The third kappa shape index (κ3) is 5.82. The Balaban J connectivity index is 1.29. The van der Waals surface area contributed by atoms with Crippen molar-refractivity contribution in [2.75, 3.05) is 19.8 Å². The van der Waals surface area contributed by atoms with Gasteiger partial charge in [-0.2, -0.15) is 0 Å². The van der Waals surface area contributed by atoms with Gasteiger partial charge in [0, 0.05) is 31.0 Å². The molecule has 8 heteroatoms. The van der Waals surface area contributed by atoms with Gasteiger partial charge in [0.05, 0.1) is 6.42 Å². The molecule has 0 saturated carbocycles. The number of hydrogen-bond donors (Lipinski definition) is 3. The quantitative estimate of drug-likeness (QED) is 0.478. The zero-order valence-corrected chi connectivity index (χ0v) is 19.9. The number of carboxylic acids is 1. The van der Waals surface area contributed by atoms with Gasteiger partial charge in [-0.1, -0.05) is 61.9 Å². The predicted molar refractivity (Wildman–Crippen MR) is 130 cm³/mol. The van der Waals surface area contributed by atoms with E-state index in [0.29, 0.717) is 19.4 Å². The molecule has 3 atom stereocenters. The minimum absolute atomic E-state index is 0.0220. The fourth-order valence-electron chi connectivity index (χ4n) is 5.06. The highest BCUT2D eigenvalue weighted by Crippen LogP contribution is 2.44. The van der Waals surface area contributed by atoms with Gasteiger partial charge < -0.3 is 25.2 Å². The van der Waals surface area contributed by atoms with Crippen LogP contribution in [0.25, 0.3) is 11.1 Å². The molecule has 1 fully saturated rings. The van der Waals surface area contributed by atoms with E-state index in [4.69, 9.17) is 14.6 Å². The Kier molecular flexibility index (Phi) is 8.02. The third-order valence-corrected chi connectivity index (χ3v) is 6.73. The number of rotatable bonds is 10. The number of ether oxygens (including phenoxy) is 2. The van der Waals surface area contributed by atoms with E-state index in [2.05, 4.69) is 34.9 Å². The summed E-state index contributed by atoms with van der Waals surface area (Å²) in [5.74, 6) is -1.51. The molecule has 1 heterocycles. The zero-order chi connectivity index (χ0) is 24.8. The Hall–Kier alpha value is -3.39. The first kappa shape index (κ1) is 24.7. The Bertz CT molecular complexity index is 1030. The number of carbonyl (C=O) groups excluding carboxylic acids is 2. The summed E-state index contributed by atoms with van der Waals surface area (Å²) in [5, 5.41) is 14.7. The Morgan fingerprint density at radius 2 is 1.74 bits per heavy atom. The minimum atomic E-state index is -0.954. The lowest BCUT2D eigenvalue weighted by atomic mass is 9.98. The molecule has 1 aliphatic carbocycles. The van der Waals surface area contributed by atoms with E-state index in [-0.39, 0.29) is 37.3 Å². The summed E-state index contributed by atoms with van der Waals surface area (Å²) in [6.07, 6.45) is 0.572. The molecule has 35 heavy (non-hydrogen) atoms. The molecule has 186 valence electrons. The fourth-order valence-corrected chi connectivity index (χ4v) is 5.06. The smallest absolute Gasteiger partial charge is 0.407 e. The molecule has 0 aromatic heterocycles. The lowest BCUT2D eigenvalue weighted by molar-refractivity contribution is -0.138. The van der Waals surface area contributed by atoms with Crippen molar-refractivity contribution < 1.29 is 29.0 Å². The Morgan fingerprint density at radius 1 is 1.09 bits per heavy atom. The van der Waals surface area contributed by atoms with Crippen LogP contribution in [0.4, 0.5) is 4.79 Å². The van der Waals surface area contributed by atoms with Gasteiger partial charge in [0.2, 0.25) is 5.91 Å². The molecule has 1 aliphatic heterocycles. The van der Waals surface area contributed by atoms with Crippen LogP contribution in [0.5, 0.6) is 0 Å². The highest BCUT2D eigenvalue weighted by molar-refractivity contribution is 5.82. The monoisotopic (exact) mass is 480 g/mol. The van der Waals surface area contributed by atoms with Gasteiger partial charge in [-0.25, -0.2) is 4.79 Å². The zero-order valence-electron chi connectivity index (χ0n) is 19.9. The highest BCUT2D eigenvalue weighted by Gasteiger charge is 2.36. The van der Waals surface area contributed by atoms with Crippen molar-refractivity contribution in [2.24, 2.45) is 5.92 Å². The molecule has 2 aliphatic rings. The van der Waals surface area contributed by atoms with Gasteiger partial charge >= 0.3 is 12.1 Å². The largest absolute Gasteiger partial charge is 0.481 e. The Morgan fingerprint density at radius 3 is 2.37 bits per heavy atom. The second kappa shape index (κ2) is 11.4. The number of fused-ring (bicyclic) bond motifs is 3. The molecule has 2 amide bonds. The highest BCUT2D eigenvalue weighted by atomic mass is 16.5. The van der Waals surface area contributed by atoms with Gasteiger partial charge in [0.25, 0.3) is 0 Å². The van der Waals surface area contributed by atoms with Crippen molar-refractivity contribution >= 4 is 18.0 Å². The summed E-state index contributed by atoms with van der Waals surface area (Å²) in [6.45, 7) is 2.81. The van der Waals surface area contributed by atoms with Crippen LogP contribution in [0.15, 0.2) is 48.5 Å². The van der Waals surface area contributed by atoms with Crippen molar-refractivity contribution in [2.45, 2.75) is 50.7 Å². The second-order valence-electron chi connectivity index (χ2n) is 9.14. The molecule has 3 N–H and O–H groups in total. The number of aliphatic carboxylic acids is 1. The molecule has 2 aromatic rings. The van der Waals surface area contributed by atoms with Gasteiger partial charge in [-0.15, -0.1) is 0 Å². The van der Waals surface area contributed by atoms with E-state index >= 15 is 0 Å². The molecule has 1 saturated heterocycles. The summed E-state index contributed by atoms with van der Waals surface area (Å²) < 4.78 is 11.2. The molecule has 0 unspecified atom stereocenters. The van der Waals surface area contributed by atoms with Crippen LogP contribution in [0.2, 0.25) is 0 Å². The molecule has 0 radical (unpaired) electrons. The molecular weight excluding hydrogens is 448 g/mol. The standard InChI is InChI=1S/C27H32N2O6/c1-2-7-18(14-24(30)31)29-26(32)25-17(12-13-34-25)15-28-27(33)35-16-23-21-10-5-3-8-19(21)20-9-4-6-11-22(20)23/h3-6,8-11,17-18,23,25H,2,7,12-16H2,1H3,(H,28,33)(H,29,32)(H,30,31)/t17-,18-,25-/m1/s1. The topological polar surface area (TPSA) is 114 Å². The number of hydrogen-bond acceptors (Lipinski definition) is 5. The number of carbonyl (C=O) groups is 3. The van der Waals surface area contributed by atoms with Crippen molar-refractivity contribution in [1.82, 2.24) is 10.6 Å². The van der Waals surface area contributed by atoms with Crippen molar-refractivity contribution in [3.05, 3.63) is 59.7 Å². The van der Waals surface area contributed by atoms with Crippen LogP contribution in [0.1, 0.15) is 49.7 Å². The van der Waals surface area contributed by atoms with Crippen LogP contribution in [0.3, 0.4) is 0 Å². The van der Waals surface area contributed by atoms with E-state index < -0.39 is 24.2 Å². The van der Waals surface area contributed by atoms with Gasteiger partial charge in [-0.3, -0.25) is 9.59 Å². The lowest BCUT2D eigenvalue weighted by Gasteiger charge is -2.22. The van der Waals surface area contributed by atoms with Gasteiger partial charge in [0.15, 0.2) is 0 Å². The first-order valence-corrected chi connectivity index (χ1v) is 12.2. The minimum Gasteiger partial charge on any atom is -0.481 e. The van der Waals surface area contributed by atoms with Gasteiger partial charge in [-0.05, 0) is 35.1 Å². The lowest BCUT2D eigenvalue weighted by Crippen LogP contribution is -2.46. The number of nitrogens with one attached hydrogen (secondary N) is 2. The van der Waals surface area contributed by atoms with E-state index in [1.807, 2.05) is 31.2 Å². The van der Waals surface area contributed by atoms with E-state index in [0.717, 1.165) is 17.5 Å². The summed E-state index contributed by atoms with van der Waals surface area (Å²) in [4.78, 5) is 36.3. The van der Waals surface area contributed by atoms with Crippen molar-refractivity contribution in [3.8, 4) is 11.1 Å². The summed E-state index contributed by atoms with van der Waals surface area (Å²) >= 11 is 0. The number of benzene rings is 2. The summed E-state index contributed by atoms with van der Waals surface area (Å²) in [6, 6.07) is 15.9. The van der Waals surface area contributed by atoms with E-state index in [1.54, 1.807) is 0 Å². The molecule has 4 rings (SSSR count). The Labute approximate surface area is 205 Å². The van der Waals surface area contributed by atoms with Crippen molar-refractivity contribution in [1.29, 1.82) is 0 Å². The molecule has 0 spiro atoms. The number of alkyl carbamates (subject to hydrolysis) is 1. The van der Waals surface area contributed by atoms with Crippen LogP contribution in [0, 0.1) is 5.92 Å². The average molecular weight is 481 g/mol. The van der Waals surface area contributed by atoms with Crippen LogP contribution in [-0.4, -0.2) is 55.0 Å². The second-order valence-corrected chi connectivity index (χ2v) is 9.14. The van der Waals surface area contributed by atoms with Crippen LogP contribution >= 0.6 is 0 Å². The average Bonchev–Trinajstić information content (AvgIpc) is 3.44. The maximum Gasteiger partial charge on any atom is 0.407 e. The number of carboxylic acid groups (broad SMARTS) is 1.